The van der Waals surface area contributed by atoms with Crippen LogP contribution in [0.5, 0.6) is 0 Å². The maximum Gasteiger partial charge on any atom is 0.113 e. The highest BCUT2D eigenvalue weighted by molar-refractivity contribution is 7.27. The lowest BCUT2D eigenvalue weighted by Gasteiger charge is -1.99. The van der Waals surface area contributed by atoms with Gasteiger partial charge in [-0.25, -0.2) is 0 Å². The maximum atomic E-state index is 9.98. The number of nitrogens with zero attached hydrogens (tertiary/aromatic N) is 6. The highest BCUT2D eigenvalue weighted by Crippen LogP contribution is 2.44. The summed E-state index contributed by atoms with van der Waals surface area (Å²) in [6.45, 7) is 4.22. The second kappa shape index (κ2) is 11.4. The molecule has 0 unspecified atom stereocenters. The number of aromatic nitrogens is 4. The van der Waals surface area contributed by atoms with E-state index in [-0.39, 0.29) is 0 Å². The first kappa shape index (κ1) is 27.5. The third kappa shape index (κ3) is 5.12. The third-order valence-corrected chi connectivity index (χ3v) is 11.8. The lowest BCUT2D eigenvalue weighted by atomic mass is 10.0. The summed E-state index contributed by atoms with van der Waals surface area (Å²) >= 11 is 7.44. The number of allylic oxidation sites excluding steroid dienone is 2. The van der Waals surface area contributed by atoms with Crippen LogP contribution in [0.15, 0.2) is 60.7 Å². The van der Waals surface area contributed by atoms with Crippen LogP contribution in [-0.4, -0.2) is 17.5 Å². The fourth-order valence-electron chi connectivity index (χ4n) is 4.90. The van der Waals surface area contributed by atoms with Gasteiger partial charge in [-0.1, -0.05) is 24.3 Å². The van der Waals surface area contributed by atoms with Gasteiger partial charge in [0.25, 0.3) is 0 Å². The highest BCUT2D eigenvalue weighted by atomic mass is 32.1. The summed E-state index contributed by atoms with van der Waals surface area (Å²) in [5, 5.41) is 20.0. The van der Waals surface area contributed by atoms with Gasteiger partial charge in [0, 0.05) is 40.4 Å². The fraction of sp³-hybridized carbons (Fsp3) is 0.0625. The van der Waals surface area contributed by atoms with Gasteiger partial charge in [0.2, 0.25) is 0 Å². The first-order valence-electron chi connectivity index (χ1n) is 13.0. The predicted molar refractivity (Wildman–Crippen MR) is 182 cm³/mol. The topological polar surface area (TPSA) is 99.1 Å². The molecule has 2 aromatic carbocycles. The van der Waals surface area contributed by atoms with E-state index in [0.717, 1.165) is 66.4 Å². The number of thiophene rings is 3. The van der Waals surface area contributed by atoms with E-state index in [9.17, 15) is 10.5 Å². The van der Waals surface area contributed by atoms with E-state index in [2.05, 4.69) is 67.7 Å². The van der Waals surface area contributed by atoms with Crippen molar-refractivity contribution in [1.29, 1.82) is 10.5 Å². The minimum Gasteiger partial charge on any atom is -0.192 e. The van der Waals surface area contributed by atoms with E-state index >= 15 is 0 Å². The van der Waals surface area contributed by atoms with Crippen LogP contribution in [0.1, 0.15) is 32.0 Å². The molecule has 43 heavy (non-hydrogen) atoms. The van der Waals surface area contributed by atoms with Gasteiger partial charge in [0.1, 0.15) is 22.1 Å². The summed E-state index contributed by atoms with van der Waals surface area (Å²) in [7, 11) is 0. The summed E-state index contributed by atoms with van der Waals surface area (Å²) < 4.78 is 17.4. The highest BCUT2D eigenvalue weighted by Gasteiger charge is 2.16. The molecule has 5 aromatic heterocycles. The fourth-order valence-corrected chi connectivity index (χ4v) is 9.59. The summed E-state index contributed by atoms with van der Waals surface area (Å²) in [4.78, 5) is 6.80. The molecular formula is C32H18N6S5. The van der Waals surface area contributed by atoms with Crippen LogP contribution in [0.4, 0.5) is 0 Å². The molecule has 0 spiro atoms. The zero-order valence-electron chi connectivity index (χ0n) is 22.7. The van der Waals surface area contributed by atoms with Gasteiger partial charge in [0.15, 0.2) is 0 Å². The van der Waals surface area contributed by atoms with Crippen molar-refractivity contribution < 1.29 is 0 Å². The number of hydrogen-bond donors (Lipinski definition) is 0. The second-order valence-corrected chi connectivity index (χ2v) is 14.0. The van der Waals surface area contributed by atoms with Crippen LogP contribution in [-0.2, 0) is 0 Å². The molecule has 0 aliphatic carbocycles. The van der Waals surface area contributed by atoms with Crippen LogP contribution < -0.4 is 0 Å². The van der Waals surface area contributed by atoms with Crippen LogP contribution in [0, 0.1) is 36.5 Å². The molecule has 0 atom stereocenters. The summed E-state index contributed by atoms with van der Waals surface area (Å²) in [5.74, 6) is 0. The molecule has 0 aliphatic heterocycles. The molecule has 0 aliphatic rings. The first-order chi connectivity index (χ1) is 21.0. The van der Waals surface area contributed by atoms with Crippen molar-refractivity contribution >= 4 is 103 Å². The Morgan fingerprint density at radius 3 is 1.53 bits per heavy atom. The number of aryl methyl sites for hydroxylation is 2. The minimum atomic E-state index is 0.576. The summed E-state index contributed by atoms with van der Waals surface area (Å²) in [6, 6.07) is 24.8. The lowest BCUT2D eigenvalue weighted by Crippen LogP contribution is -1.84. The van der Waals surface area contributed by atoms with Crippen molar-refractivity contribution in [3.05, 3.63) is 92.7 Å². The average molecular weight is 647 g/mol. The van der Waals surface area contributed by atoms with Crippen molar-refractivity contribution in [2.24, 2.45) is 0 Å². The number of nitriles is 2. The van der Waals surface area contributed by atoms with Crippen molar-refractivity contribution in [2.45, 2.75) is 13.8 Å². The molecule has 0 fully saturated rings. The van der Waals surface area contributed by atoms with Gasteiger partial charge in [0.05, 0.1) is 46.7 Å². The zero-order chi connectivity index (χ0) is 29.5. The molecule has 0 saturated heterocycles. The van der Waals surface area contributed by atoms with Gasteiger partial charge in [-0.05, 0) is 73.5 Å². The molecule has 7 rings (SSSR count). The van der Waals surface area contributed by atoms with E-state index < -0.39 is 0 Å². The van der Waals surface area contributed by atoms with Crippen LogP contribution >= 0.6 is 57.5 Å². The Bertz CT molecular complexity index is 2150. The molecule has 0 radical (unpaired) electrons. The Morgan fingerprint density at radius 1 is 0.628 bits per heavy atom. The average Bonchev–Trinajstić information content (AvgIpc) is 3.84. The predicted octanol–water partition coefficient (Wildman–Crippen LogP) is 9.96. The lowest BCUT2D eigenvalue weighted by molar-refractivity contribution is 1.52. The zero-order valence-corrected chi connectivity index (χ0v) is 26.7. The van der Waals surface area contributed by atoms with E-state index in [1.54, 1.807) is 34.0 Å². The van der Waals surface area contributed by atoms with E-state index in [0.29, 0.717) is 11.1 Å². The standard InChI is InChI=1S/C32H18N6S5/c1-17-11-21(13-19(15-33)23-5-3-7-25-29(23)37-42-35-25)39-31(17)27-9-10-28(41-27)32-18(2)12-22(40-32)14-20(16-34)24-6-4-8-26-30(24)38-43-36-26/h3-14H,1-2H3/b19-13+,20-14+. The van der Waals surface area contributed by atoms with Crippen LogP contribution in [0.2, 0.25) is 0 Å². The number of benzene rings is 2. The molecule has 0 saturated carbocycles. The van der Waals surface area contributed by atoms with E-state index in [1.807, 2.05) is 48.6 Å². The van der Waals surface area contributed by atoms with Gasteiger partial charge in [-0.15, -0.1) is 34.0 Å². The molecular weight excluding hydrogens is 629 g/mol. The van der Waals surface area contributed by atoms with E-state index in [4.69, 9.17) is 0 Å². The molecule has 6 nitrogen and oxygen atoms in total. The normalized spacial score (nSPS) is 12.2. The number of hydrogen-bond acceptors (Lipinski definition) is 11. The van der Waals surface area contributed by atoms with Gasteiger partial charge < -0.3 is 0 Å². The summed E-state index contributed by atoms with van der Waals surface area (Å²) in [6.07, 6.45) is 3.89. The smallest absolute Gasteiger partial charge is 0.113 e. The quantitative estimate of drug-likeness (QED) is 0.167. The van der Waals surface area contributed by atoms with Crippen molar-refractivity contribution in [1.82, 2.24) is 17.5 Å². The molecule has 0 amide bonds. The molecule has 0 N–H and O–H groups in total. The van der Waals surface area contributed by atoms with Crippen molar-refractivity contribution in [3.8, 4) is 31.6 Å². The Kier molecular flexibility index (Phi) is 7.27. The first-order valence-corrected chi connectivity index (χ1v) is 16.9. The SMILES string of the molecule is Cc1cc(/C=C(\C#N)c2cccc3nsnc23)sc1-c1ccc(-c2sc(/C=C(\C#N)c3cccc4nsnc34)cc2C)s1. The van der Waals surface area contributed by atoms with Gasteiger partial charge >= 0.3 is 0 Å². The Labute approximate surface area is 267 Å². The van der Waals surface area contributed by atoms with Gasteiger partial charge in [-0.2, -0.15) is 28.0 Å². The Hall–Kier alpha value is -4.36. The van der Waals surface area contributed by atoms with E-state index in [1.165, 1.54) is 30.6 Å². The molecule has 5 heterocycles. The Morgan fingerprint density at radius 2 is 1.09 bits per heavy atom. The molecule has 11 heteroatoms. The molecule has 206 valence electrons. The largest absolute Gasteiger partial charge is 0.192 e. The van der Waals surface area contributed by atoms with Crippen LogP contribution in [0.3, 0.4) is 0 Å². The Balaban J connectivity index is 1.19. The van der Waals surface area contributed by atoms with Crippen molar-refractivity contribution in [3.63, 3.8) is 0 Å². The monoisotopic (exact) mass is 646 g/mol. The molecule has 0 bridgehead atoms. The van der Waals surface area contributed by atoms with Crippen molar-refractivity contribution in [2.75, 3.05) is 0 Å². The second-order valence-electron chi connectivity index (χ2n) is 9.70. The van der Waals surface area contributed by atoms with Crippen LogP contribution in [0.25, 0.3) is 64.9 Å². The van der Waals surface area contributed by atoms with Gasteiger partial charge in [-0.3, -0.25) is 0 Å². The third-order valence-electron chi connectivity index (χ3n) is 6.89. The number of fused-ring (bicyclic) bond motifs is 2. The number of rotatable bonds is 6. The minimum absolute atomic E-state index is 0.576. The summed E-state index contributed by atoms with van der Waals surface area (Å²) in [5.41, 5.74) is 8.23. The molecule has 7 aromatic rings. The maximum absolute atomic E-state index is 9.98.